The van der Waals surface area contributed by atoms with Crippen molar-refractivity contribution in [2.24, 2.45) is 0 Å². The fourth-order valence-corrected chi connectivity index (χ4v) is 2.07. The van der Waals surface area contributed by atoms with Gasteiger partial charge < -0.3 is 0 Å². The van der Waals surface area contributed by atoms with Gasteiger partial charge in [0.2, 0.25) is 0 Å². The van der Waals surface area contributed by atoms with Crippen LogP contribution in [0.4, 0.5) is 0 Å². The lowest BCUT2D eigenvalue weighted by atomic mass is 9.84. The van der Waals surface area contributed by atoms with E-state index >= 15 is 0 Å². The number of hydrogen-bond donors (Lipinski definition) is 1. The number of rotatable bonds is 1. The molecular weight excluding hydrogens is 172 g/mol. The summed E-state index contributed by atoms with van der Waals surface area (Å²) in [6.07, 6.45) is 10.3. The average molecular weight is 188 g/mol. The molecule has 74 valence electrons. The number of H-pyrrole nitrogens is 1. The van der Waals surface area contributed by atoms with Crippen LogP contribution in [0, 0.1) is 12.3 Å². The summed E-state index contributed by atoms with van der Waals surface area (Å²) in [6.45, 7) is 4.11. The van der Waals surface area contributed by atoms with Crippen LogP contribution in [0.3, 0.4) is 0 Å². The number of aromatic nitrogens is 2. The first-order valence-electron chi connectivity index (χ1n) is 5.19. The summed E-state index contributed by atoms with van der Waals surface area (Å²) in [5.74, 6) is 2.81. The monoisotopic (exact) mass is 188 g/mol. The Morgan fingerprint density at radius 3 is 2.79 bits per heavy atom. The van der Waals surface area contributed by atoms with Gasteiger partial charge in [0.05, 0.1) is 11.1 Å². The van der Waals surface area contributed by atoms with E-state index in [4.69, 9.17) is 6.42 Å². The number of terminal acetylenes is 1. The minimum atomic E-state index is -0.235. The van der Waals surface area contributed by atoms with E-state index in [0.717, 1.165) is 18.5 Å². The normalized spacial score (nSPS) is 16.1. The lowest BCUT2D eigenvalue weighted by Gasteiger charge is -2.18. The molecule has 14 heavy (non-hydrogen) atoms. The van der Waals surface area contributed by atoms with E-state index < -0.39 is 0 Å². The van der Waals surface area contributed by atoms with E-state index in [-0.39, 0.29) is 5.41 Å². The first-order chi connectivity index (χ1) is 6.65. The van der Waals surface area contributed by atoms with E-state index in [0.29, 0.717) is 0 Å². The lowest BCUT2D eigenvalue weighted by molar-refractivity contribution is 0.636. The molecule has 1 heterocycles. The predicted molar refractivity (Wildman–Crippen MR) is 57.1 cm³/mol. The second kappa shape index (κ2) is 3.16. The van der Waals surface area contributed by atoms with Crippen LogP contribution in [0.25, 0.3) is 0 Å². The van der Waals surface area contributed by atoms with E-state index in [9.17, 15) is 0 Å². The zero-order chi connectivity index (χ0) is 10.2. The largest absolute Gasteiger partial charge is 0.282 e. The van der Waals surface area contributed by atoms with Crippen LogP contribution >= 0.6 is 0 Å². The van der Waals surface area contributed by atoms with Gasteiger partial charge in [0.1, 0.15) is 0 Å². The second-order valence-electron chi connectivity index (χ2n) is 4.51. The van der Waals surface area contributed by atoms with E-state index in [1.807, 2.05) is 0 Å². The average Bonchev–Trinajstić information content (AvgIpc) is 2.61. The van der Waals surface area contributed by atoms with Crippen molar-refractivity contribution in [3.63, 3.8) is 0 Å². The Balaban J connectivity index is 2.46. The number of aryl methyl sites for hydroxylation is 1. The highest BCUT2D eigenvalue weighted by molar-refractivity contribution is 5.37. The Morgan fingerprint density at radius 1 is 1.36 bits per heavy atom. The minimum Gasteiger partial charge on any atom is -0.282 e. The number of nitrogens with zero attached hydrogens (tertiary/aromatic N) is 1. The van der Waals surface area contributed by atoms with Crippen LogP contribution in [-0.2, 0) is 18.3 Å². The molecule has 1 aliphatic rings. The maximum atomic E-state index is 5.53. The molecule has 2 heteroatoms. The molecule has 0 fully saturated rings. The first kappa shape index (κ1) is 9.33. The molecule has 1 aliphatic carbocycles. The van der Waals surface area contributed by atoms with E-state index in [2.05, 4.69) is 30.0 Å². The summed E-state index contributed by atoms with van der Waals surface area (Å²) in [7, 11) is 0. The summed E-state index contributed by atoms with van der Waals surface area (Å²) in [5, 5.41) is 7.49. The Bertz CT molecular complexity index is 380. The van der Waals surface area contributed by atoms with Crippen LogP contribution in [0.1, 0.15) is 43.6 Å². The van der Waals surface area contributed by atoms with Crippen LogP contribution < -0.4 is 0 Å². The van der Waals surface area contributed by atoms with Gasteiger partial charge in [-0.1, -0.05) is 5.92 Å². The molecular formula is C12H16N2. The van der Waals surface area contributed by atoms with Crippen molar-refractivity contribution in [1.82, 2.24) is 10.2 Å². The van der Waals surface area contributed by atoms with Gasteiger partial charge in [0.15, 0.2) is 0 Å². The topological polar surface area (TPSA) is 28.7 Å². The highest BCUT2D eigenvalue weighted by Crippen LogP contribution is 2.30. The van der Waals surface area contributed by atoms with E-state index in [1.165, 1.54) is 24.1 Å². The van der Waals surface area contributed by atoms with E-state index in [1.54, 1.807) is 0 Å². The second-order valence-corrected chi connectivity index (χ2v) is 4.51. The maximum absolute atomic E-state index is 5.53. The van der Waals surface area contributed by atoms with Crippen molar-refractivity contribution >= 4 is 0 Å². The van der Waals surface area contributed by atoms with Crippen molar-refractivity contribution < 1.29 is 0 Å². The third-order valence-electron chi connectivity index (χ3n) is 3.01. The Labute approximate surface area is 85.1 Å². The minimum absolute atomic E-state index is 0.235. The molecule has 1 aromatic heterocycles. The van der Waals surface area contributed by atoms with Gasteiger partial charge in [-0.2, -0.15) is 5.10 Å². The van der Waals surface area contributed by atoms with Crippen LogP contribution in [-0.4, -0.2) is 10.2 Å². The van der Waals surface area contributed by atoms with Crippen LogP contribution in [0.5, 0.6) is 0 Å². The predicted octanol–water partition coefficient (Wildman–Crippen LogP) is 2.20. The smallest absolute Gasteiger partial charge is 0.0832 e. The van der Waals surface area contributed by atoms with Gasteiger partial charge in [-0.15, -0.1) is 6.42 Å². The van der Waals surface area contributed by atoms with Crippen molar-refractivity contribution in [3.05, 3.63) is 17.0 Å². The Hall–Kier alpha value is -1.23. The molecule has 0 atom stereocenters. The number of fused-ring (bicyclic) bond motifs is 1. The quantitative estimate of drug-likeness (QED) is 0.672. The molecule has 0 aliphatic heterocycles. The number of aromatic amines is 1. The zero-order valence-electron chi connectivity index (χ0n) is 8.85. The molecule has 0 radical (unpaired) electrons. The highest BCUT2D eigenvalue weighted by atomic mass is 15.1. The van der Waals surface area contributed by atoms with Gasteiger partial charge in [-0.3, -0.25) is 5.10 Å². The van der Waals surface area contributed by atoms with Gasteiger partial charge >= 0.3 is 0 Å². The first-order valence-corrected chi connectivity index (χ1v) is 5.19. The molecule has 0 aromatic carbocycles. The molecule has 1 N–H and O–H groups in total. The summed E-state index contributed by atoms with van der Waals surface area (Å²) in [6, 6.07) is 0. The van der Waals surface area contributed by atoms with Gasteiger partial charge in [0, 0.05) is 5.69 Å². The molecule has 1 aromatic rings. The molecule has 0 bridgehead atoms. The van der Waals surface area contributed by atoms with Crippen molar-refractivity contribution in [2.45, 2.75) is 44.9 Å². The molecule has 0 saturated carbocycles. The molecule has 0 amide bonds. The Kier molecular flexibility index (Phi) is 2.11. The molecule has 0 spiro atoms. The van der Waals surface area contributed by atoms with Crippen LogP contribution in [0.15, 0.2) is 0 Å². The summed E-state index contributed by atoms with van der Waals surface area (Å²) < 4.78 is 0. The third kappa shape index (κ3) is 1.33. The van der Waals surface area contributed by atoms with Gasteiger partial charge in [-0.05, 0) is 45.1 Å². The number of nitrogens with one attached hydrogen (secondary N) is 1. The standard InChI is InChI=1S/C12H16N2/c1-4-12(2,3)11-9-7-5-6-8-10(9)13-14-11/h1H,5-8H2,2-3H3,(H,13,14). The van der Waals surface area contributed by atoms with Crippen molar-refractivity contribution in [3.8, 4) is 12.3 Å². The fraction of sp³-hybridized carbons (Fsp3) is 0.583. The van der Waals surface area contributed by atoms with Gasteiger partial charge in [-0.25, -0.2) is 0 Å². The van der Waals surface area contributed by atoms with Crippen LogP contribution in [0.2, 0.25) is 0 Å². The summed E-state index contributed by atoms with van der Waals surface area (Å²) >= 11 is 0. The molecule has 0 unspecified atom stereocenters. The van der Waals surface area contributed by atoms with Crippen molar-refractivity contribution in [1.29, 1.82) is 0 Å². The number of hydrogen-bond acceptors (Lipinski definition) is 1. The zero-order valence-corrected chi connectivity index (χ0v) is 8.85. The molecule has 2 rings (SSSR count). The Morgan fingerprint density at radius 2 is 2.07 bits per heavy atom. The highest BCUT2D eigenvalue weighted by Gasteiger charge is 2.27. The third-order valence-corrected chi connectivity index (χ3v) is 3.01. The fourth-order valence-electron chi connectivity index (χ4n) is 2.07. The molecule has 2 nitrogen and oxygen atoms in total. The SMILES string of the molecule is C#CC(C)(C)c1n[nH]c2c1CCCC2. The summed E-state index contributed by atoms with van der Waals surface area (Å²) in [5.41, 5.74) is 3.52. The maximum Gasteiger partial charge on any atom is 0.0832 e. The summed E-state index contributed by atoms with van der Waals surface area (Å²) in [4.78, 5) is 0. The molecule has 0 saturated heterocycles. The van der Waals surface area contributed by atoms with Gasteiger partial charge in [0.25, 0.3) is 0 Å². The van der Waals surface area contributed by atoms with Crippen molar-refractivity contribution in [2.75, 3.05) is 0 Å². The lowest BCUT2D eigenvalue weighted by Crippen LogP contribution is -2.17.